The number of pyridine rings is 1. The molecule has 0 bridgehead atoms. The van der Waals surface area contributed by atoms with Gasteiger partial charge < -0.3 is 5.32 Å². The molecule has 0 aliphatic carbocycles. The van der Waals surface area contributed by atoms with E-state index in [-0.39, 0.29) is 0 Å². The molecule has 0 aliphatic rings. The number of sulfonamides is 1. The Morgan fingerprint density at radius 1 is 1.35 bits per heavy atom. The molecule has 8 heteroatoms. The molecule has 0 saturated heterocycles. The van der Waals surface area contributed by atoms with Gasteiger partial charge in [0.05, 0.1) is 6.26 Å². The quantitative estimate of drug-likeness (QED) is 0.851. The second-order valence-corrected chi connectivity index (χ2v) is 7.31. The summed E-state index contributed by atoms with van der Waals surface area (Å²) >= 11 is 0. The van der Waals surface area contributed by atoms with Crippen LogP contribution in [0.1, 0.15) is 19.4 Å². The fourth-order valence-electron chi connectivity index (χ4n) is 2.03. The maximum atomic E-state index is 11.3. The van der Waals surface area contributed by atoms with Gasteiger partial charge in [-0.2, -0.15) is 9.61 Å². The van der Waals surface area contributed by atoms with E-state index in [1.165, 1.54) is 6.33 Å². The molecule has 0 fully saturated rings. The lowest BCUT2D eigenvalue weighted by Gasteiger charge is -2.26. The Kier molecular flexibility index (Phi) is 3.70. The van der Waals surface area contributed by atoms with Crippen molar-refractivity contribution in [1.29, 1.82) is 0 Å². The zero-order valence-electron chi connectivity index (χ0n) is 12.0. The van der Waals surface area contributed by atoms with E-state index in [0.29, 0.717) is 6.54 Å². The van der Waals surface area contributed by atoms with E-state index < -0.39 is 15.6 Å². The second kappa shape index (κ2) is 5.02. The fourth-order valence-corrected chi connectivity index (χ4v) is 3.11. The molecule has 2 aromatic rings. The normalized spacial score (nSPS) is 12.8. The van der Waals surface area contributed by atoms with Crippen LogP contribution in [0.15, 0.2) is 18.5 Å². The minimum Gasteiger partial charge on any atom is -0.368 e. The molecule has 0 spiro atoms. The van der Waals surface area contributed by atoms with Crippen LogP contribution in [0.5, 0.6) is 0 Å². The van der Waals surface area contributed by atoms with E-state index in [2.05, 4.69) is 20.1 Å². The number of anilines is 1. The predicted octanol–water partition coefficient (Wildman–Crippen LogP) is 0.777. The van der Waals surface area contributed by atoms with E-state index in [1.807, 2.05) is 32.9 Å². The highest BCUT2D eigenvalue weighted by molar-refractivity contribution is 7.88. The average Bonchev–Trinajstić information content (AvgIpc) is 2.70. The highest BCUT2D eigenvalue weighted by Crippen LogP contribution is 2.14. The van der Waals surface area contributed by atoms with Gasteiger partial charge in [0.2, 0.25) is 10.0 Å². The maximum Gasteiger partial charge on any atom is 0.209 e. The molecule has 2 aromatic heterocycles. The van der Waals surface area contributed by atoms with Gasteiger partial charge in [0.15, 0.2) is 5.65 Å². The number of aromatic nitrogens is 3. The molecule has 0 aromatic carbocycles. The largest absolute Gasteiger partial charge is 0.368 e. The number of hydrogen-bond donors (Lipinski definition) is 2. The van der Waals surface area contributed by atoms with Crippen LogP contribution in [0.4, 0.5) is 5.82 Å². The molecule has 0 aliphatic heterocycles. The van der Waals surface area contributed by atoms with Gasteiger partial charge in [0.1, 0.15) is 12.1 Å². The minimum absolute atomic E-state index is 0.429. The fraction of sp³-hybridized carbons (Fsp3) is 0.500. The van der Waals surface area contributed by atoms with Crippen molar-refractivity contribution in [2.45, 2.75) is 26.3 Å². The van der Waals surface area contributed by atoms with Gasteiger partial charge >= 0.3 is 0 Å². The highest BCUT2D eigenvalue weighted by atomic mass is 32.2. The SMILES string of the molecule is Cc1cc(NCC(C)(C)NS(C)(=O)=O)n2ncnc2c1. The second-order valence-electron chi connectivity index (χ2n) is 5.56. The monoisotopic (exact) mass is 297 g/mol. The van der Waals surface area contributed by atoms with Crippen LogP contribution in [0.2, 0.25) is 0 Å². The molecule has 0 saturated carbocycles. The molecular weight excluding hydrogens is 278 g/mol. The number of aryl methyl sites for hydroxylation is 1. The average molecular weight is 297 g/mol. The summed E-state index contributed by atoms with van der Waals surface area (Å²) in [6.07, 6.45) is 2.64. The third-order valence-corrected chi connectivity index (χ3v) is 3.62. The van der Waals surface area contributed by atoms with E-state index in [4.69, 9.17) is 0 Å². The summed E-state index contributed by atoms with van der Waals surface area (Å²) in [7, 11) is -3.25. The molecule has 0 unspecified atom stereocenters. The van der Waals surface area contributed by atoms with Crippen LogP contribution in [0.25, 0.3) is 5.65 Å². The van der Waals surface area contributed by atoms with Crippen molar-refractivity contribution < 1.29 is 8.42 Å². The first-order valence-electron chi connectivity index (χ1n) is 6.19. The Bertz CT molecular complexity index is 721. The zero-order valence-corrected chi connectivity index (χ0v) is 12.8. The van der Waals surface area contributed by atoms with Crippen LogP contribution >= 0.6 is 0 Å². The van der Waals surface area contributed by atoms with Crippen molar-refractivity contribution in [3.8, 4) is 0 Å². The topological polar surface area (TPSA) is 88.4 Å². The summed E-state index contributed by atoms with van der Waals surface area (Å²) in [4.78, 5) is 4.14. The Labute approximate surface area is 118 Å². The summed E-state index contributed by atoms with van der Waals surface area (Å²) in [5.41, 5.74) is 1.20. The van der Waals surface area contributed by atoms with Crippen LogP contribution in [0, 0.1) is 6.92 Å². The van der Waals surface area contributed by atoms with Gasteiger partial charge in [-0.3, -0.25) is 0 Å². The molecule has 2 N–H and O–H groups in total. The summed E-state index contributed by atoms with van der Waals surface area (Å²) in [5.74, 6) is 0.779. The molecule has 2 rings (SSSR count). The molecule has 0 radical (unpaired) electrons. The molecular formula is C12H19N5O2S. The summed E-state index contributed by atoms with van der Waals surface area (Å²) in [6.45, 7) is 6.03. The van der Waals surface area contributed by atoms with Crippen molar-refractivity contribution in [3.63, 3.8) is 0 Å². The minimum atomic E-state index is -3.25. The van der Waals surface area contributed by atoms with Gasteiger partial charge in [-0.25, -0.2) is 18.1 Å². The number of rotatable bonds is 5. The Morgan fingerprint density at radius 3 is 2.70 bits per heavy atom. The third kappa shape index (κ3) is 3.67. The Morgan fingerprint density at radius 2 is 2.05 bits per heavy atom. The molecule has 2 heterocycles. The first-order valence-corrected chi connectivity index (χ1v) is 8.09. The molecule has 110 valence electrons. The Balaban J connectivity index is 2.19. The van der Waals surface area contributed by atoms with Crippen molar-refractivity contribution in [3.05, 3.63) is 24.0 Å². The summed E-state index contributed by atoms with van der Waals surface area (Å²) < 4.78 is 26.9. The lowest BCUT2D eigenvalue weighted by Crippen LogP contribution is -2.47. The van der Waals surface area contributed by atoms with E-state index in [9.17, 15) is 8.42 Å². The van der Waals surface area contributed by atoms with Crippen molar-refractivity contribution in [1.82, 2.24) is 19.3 Å². The van der Waals surface area contributed by atoms with Crippen LogP contribution in [0.3, 0.4) is 0 Å². The molecule has 20 heavy (non-hydrogen) atoms. The van der Waals surface area contributed by atoms with Crippen LogP contribution in [-0.2, 0) is 10.0 Å². The van der Waals surface area contributed by atoms with Gasteiger partial charge in [-0.15, -0.1) is 0 Å². The number of fused-ring (bicyclic) bond motifs is 1. The van der Waals surface area contributed by atoms with Gasteiger partial charge in [0.25, 0.3) is 0 Å². The summed E-state index contributed by atoms with van der Waals surface area (Å²) in [5, 5.41) is 7.35. The molecule has 0 atom stereocenters. The van der Waals surface area contributed by atoms with Gasteiger partial charge in [-0.1, -0.05) is 0 Å². The number of hydrogen-bond acceptors (Lipinski definition) is 5. The van der Waals surface area contributed by atoms with Crippen LogP contribution in [-0.4, -0.2) is 41.4 Å². The summed E-state index contributed by atoms with van der Waals surface area (Å²) in [6, 6.07) is 3.87. The smallest absolute Gasteiger partial charge is 0.209 e. The lowest BCUT2D eigenvalue weighted by molar-refractivity contribution is 0.475. The third-order valence-electron chi connectivity index (χ3n) is 2.70. The molecule has 0 amide bonds. The van der Waals surface area contributed by atoms with Gasteiger partial charge in [-0.05, 0) is 38.5 Å². The van der Waals surface area contributed by atoms with Gasteiger partial charge in [0, 0.05) is 12.1 Å². The van der Waals surface area contributed by atoms with Crippen LogP contribution < -0.4 is 10.0 Å². The number of nitrogens with zero attached hydrogens (tertiary/aromatic N) is 3. The predicted molar refractivity (Wildman–Crippen MR) is 78.3 cm³/mol. The van der Waals surface area contributed by atoms with E-state index in [0.717, 1.165) is 23.3 Å². The highest BCUT2D eigenvalue weighted by Gasteiger charge is 2.22. The first kappa shape index (κ1) is 14.7. The Hall–Kier alpha value is -1.67. The lowest BCUT2D eigenvalue weighted by atomic mass is 10.1. The van der Waals surface area contributed by atoms with Crippen molar-refractivity contribution in [2.24, 2.45) is 0 Å². The van der Waals surface area contributed by atoms with Crippen molar-refractivity contribution in [2.75, 3.05) is 18.1 Å². The van der Waals surface area contributed by atoms with E-state index >= 15 is 0 Å². The first-order chi connectivity index (χ1) is 9.16. The van der Waals surface area contributed by atoms with E-state index in [1.54, 1.807) is 4.52 Å². The van der Waals surface area contributed by atoms with Crippen molar-refractivity contribution >= 4 is 21.5 Å². The standard InChI is InChI=1S/C12H19N5O2S/c1-9-5-10(17-11(6-9)14-8-15-17)13-7-12(2,3)16-20(4,18)19/h5-6,8,13,16H,7H2,1-4H3. The number of nitrogens with one attached hydrogen (secondary N) is 2. The molecule has 7 nitrogen and oxygen atoms in total. The maximum absolute atomic E-state index is 11.3. The zero-order chi connectivity index (χ0) is 15.0.